The Hall–Kier alpha value is -1.94. The molecule has 1 amide bonds. The molecule has 0 aliphatic carbocycles. The van der Waals surface area contributed by atoms with Crippen LogP contribution >= 0.6 is 11.8 Å². The molecule has 21 heavy (non-hydrogen) atoms. The monoisotopic (exact) mass is 301 g/mol. The second-order valence-corrected chi connectivity index (χ2v) is 5.64. The number of para-hydroxylation sites is 1. The third-order valence-electron chi connectivity index (χ3n) is 2.77. The molecule has 1 N–H and O–H groups in total. The van der Waals surface area contributed by atoms with E-state index in [0.717, 1.165) is 12.2 Å². The molecule has 2 aromatic rings. The highest BCUT2D eigenvalue weighted by atomic mass is 32.2. The first kappa shape index (κ1) is 15.4. The van der Waals surface area contributed by atoms with Crippen LogP contribution in [-0.4, -0.2) is 24.8 Å². The zero-order chi connectivity index (χ0) is 14.8. The first-order valence-corrected chi connectivity index (χ1v) is 7.95. The molecule has 0 atom stereocenters. The third kappa shape index (κ3) is 6.36. The smallest absolute Gasteiger partial charge is 0.257 e. The van der Waals surface area contributed by atoms with E-state index in [4.69, 9.17) is 4.74 Å². The van der Waals surface area contributed by atoms with Crippen LogP contribution in [-0.2, 0) is 4.79 Å². The highest BCUT2D eigenvalue weighted by Gasteiger charge is 2.01. The van der Waals surface area contributed by atoms with Crippen molar-refractivity contribution in [1.29, 1.82) is 0 Å². The Bertz CT molecular complexity index is 531. The lowest BCUT2D eigenvalue weighted by Gasteiger charge is -2.07. The van der Waals surface area contributed by atoms with E-state index in [9.17, 15) is 4.79 Å². The fraction of sp³-hybridized carbons (Fsp3) is 0.235. The number of carbonyl (C=O) groups excluding carboxylic acids is 1. The van der Waals surface area contributed by atoms with E-state index in [1.54, 1.807) is 11.8 Å². The minimum atomic E-state index is -0.0800. The van der Waals surface area contributed by atoms with Gasteiger partial charge in [-0.2, -0.15) is 0 Å². The third-order valence-corrected chi connectivity index (χ3v) is 3.87. The van der Waals surface area contributed by atoms with Gasteiger partial charge in [0, 0.05) is 11.4 Å². The van der Waals surface area contributed by atoms with Gasteiger partial charge in [-0.15, -0.1) is 11.8 Å². The summed E-state index contributed by atoms with van der Waals surface area (Å²) in [6, 6.07) is 19.6. The normalized spacial score (nSPS) is 10.1. The maximum absolute atomic E-state index is 11.6. The number of ether oxygens (including phenoxy) is 1. The highest BCUT2D eigenvalue weighted by Crippen LogP contribution is 2.17. The fourth-order valence-electron chi connectivity index (χ4n) is 1.72. The molecular formula is C17H19NO2S. The fourth-order valence-corrected chi connectivity index (χ4v) is 2.60. The molecule has 0 radical (unpaired) electrons. The van der Waals surface area contributed by atoms with Crippen LogP contribution in [0.5, 0.6) is 5.75 Å². The van der Waals surface area contributed by atoms with Gasteiger partial charge in [0.25, 0.3) is 5.91 Å². The summed E-state index contributed by atoms with van der Waals surface area (Å²) in [5.41, 5.74) is 0. The predicted molar refractivity (Wildman–Crippen MR) is 86.7 cm³/mol. The average molecular weight is 301 g/mol. The predicted octanol–water partition coefficient (Wildman–Crippen LogP) is 3.36. The number of hydrogen-bond donors (Lipinski definition) is 1. The van der Waals surface area contributed by atoms with Crippen LogP contribution in [0.1, 0.15) is 6.42 Å². The van der Waals surface area contributed by atoms with Crippen LogP contribution in [0.3, 0.4) is 0 Å². The lowest BCUT2D eigenvalue weighted by molar-refractivity contribution is -0.123. The van der Waals surface area contributed by atoms with Crippen LogP contribution < -0.4 is 10.1 Å². The molecule has 0 unspecified atom stereocenters. The van der Waals surface area contributed by atoms with Gasteiger partial charge in [-0.1, -0.05) is 36.4 Å². The van der Waals surface area contributed by atoms with Crippen LogP contribution in [0.15, 0.2) is 65.6 Å². The summed E-state index contributed by atoms with van der Waals surface area (Å²) in [7, 11) is 0. The summed E-state index contributed by atoms with van der Waals surface area (Å²) >= 11 is 1.80. The van der Waals surface area contributed by atoms with Crippen molar-refractivity contribution in [2.75, 3.05) is 18.9 Å². The maximum Gasteiger partial charge on any atom is 0.257 e. The topological polar surface area (TPSA) is 38.3 Å². The van der Waals surface area contributed by atoms with Gasteiger partial charge in [-0.25, -0.2) is 0 Å². The number of carbonyl (C=O) groups is 1. The van der Waals surface area contributed by atoms with Crippen molar-refractivity contribution >= 4 is 17.7 Å². The van der Waals surface area contributed by atoms with Gasteiger partial charge in [0.1, 0.15) is 5.75 Å². The second-order valence-electron chi connectivity index (χ2n) is 4.47. The van der Waals surface area contributed by atoms with Gasteiger partial charge in [0.05, 0.1) is 0 Å². The SMILES string of the molecule is O=C(COc1ccccc1)NCCCSc1ccccc1. The molecule has 3 nitrogen and oxygen atoms in total. The van der Waals surface area contributed by atoms with E-state index < -0.39 is 0 Å². The second kappa shape index (κ2) is 9.08. The quantitative estimate of drug-likeness (QED) is 0.600. The molecule has 0 fully saturated rings. The van der Waals surface area contributed by atoms with Gasteiger partial charge in [-0.05, 0) is 36.4 Å². The number of rotatable bonds is 8. The Morgan fingerprint density at radius 1 is 1.00 bits per heavy atom. The Morgan fingerprint density at radius 2 is 1.67 bits per heavy atom. The van der Waals surface area contributed by atoms with E-state index in [1.165, 1.54) is 4.90 Å². The van der Waals surface area contributed by atoms with Gasteiger partial charge >= 0.3 is 0 Å². The molecule has 2 aromatic carbocycles. The van der Waals surface area contributed by atoms with Crippen molar-refractivity contribution in [3.63, 3.8) is 0 Å². The van der Waals surface area contributed by atoms with Crippen molar-refractivity contribution in [1.82, 2.24) is 5.32 Å². The first-order valence-electron chi connectivity index (χ1n) is 6.97. The molecule has 4 heteroatoms. The van der Waals surface area contributed by atoms with Crippen molar-refractivity contribution in [3.8, 4) is 5.75 Å². The number of thioether (sulfide) groups is 1. The largest absolute Gasteiger partial charge is 0.484 e. The molecule has 0 aliphatic heterocycles. The summed E-state index contributed by atoms with van der Waals surface area (Å²) in [4.78, 5) is 12.9. The lowest BCUT2D eigenvalue weighted by Crippen LogP contribution is -2.29. The first-order chi connectivity index (χ1) is 10.3. The van der Waals surface area contributed by atoms with Crippen molar-refractivity contribution in [2.24, 2.45) is 0 Å². The molecule has 2 rings (SSSR count). The van der Waals surface area contributed by atoms with E-state index in [1.807, 2.05) is 48.5 Å². The number of amides is 1. The Kier molecular flexibility index (Phi) is 6.68. The molecule has 0 aromatic heterocycles. The van der Waals surface area contributed by atoms with Gasteiger partial charge in [0.2, 0.25) is 0 Å². The lowest BCUT2D eigenvalue weighted by atomic mass is 10.3. The van der Waals surface area contributed by atoms with Crippen molar-refractivity contribution in [3.05, 3.63) is 60.7 Å². The van der Waals surface area contributed by atoms with E-state index in [-0.39, 0.29) is 12.5 Å². The molecular weight excluding hydrogens is 282 g/mol. The Balaban J connectivity index is 1.53. The maximum atomic E-state index is 11.6. The van der Waals surface area contributed by atoms with Gasteiger partial charge in [-0.3, -0.25) is 4.79 Å². The standard InChI is InChI=1S/C17H19NO2S/c19-17(14-20-15-8-3-1-4-9-15)18-12-7-13-21-16-10-5-2-6-11-16/h1-6,8-11H,7,12-14H2,(H,18,19). The molecule has 110 valence electrons. The number of benzene rings is 2. The number of hydrogen-bond acceptors (Lipinski definition) is 3. The Labute approximate surface area is 129 Å². The summed E-state index contributed by atoms with van der Waals surface area (Å²) in [6.07, 6.45) is 0.941. The van der Waals surface area contributed by atoms with Crippen molar-refractivity contribution in [2.45, 2.75) is 11.3 Å². The van der Waals surface area contributed by atoms with Crippen LogP contribution in [0.2, 0.25) is 0 Å². The summed E-state index contributed by atoms with van der Waals surface area (Å²) in [6.45, 7) is 0.743. The summed E-state index contributed by atoms with van der Waals surface area (Å²) in [5, 5.41) is 2.86. The van der Waals surface area contributed by atoms with E-state index >= 15 is 0 Å². The molecule has 0 aliphatic rings. The van der Waals surface area contributed by atoms with Crippen molar-refractivity contribution < 1.29 is 9.53 Å². The van der Waals surface area contributed by atoms with Crippen LogP contribution in [0.4, 0.5) is 0 Å². The molecule has 0 heterocycles. The zero-order valence-corrected chi connectivity index (χ0v) is 12.6. The molecule has 0 saturated carbocycles. The molecule has 0 bridgehead atoms. The van der Waals surface area contributed by atoms with Gasteiger partial charge in [0.15, 0.2) is 6.61 Å². The van der Waals surface area contributed by atoms with E-state index in [0.29, 0.717) is 12.3 Å². The molecule has 0 spiro atoms. The van der Waals surface area contributed by atoms with E-state index in [2.05, 4.69) is 17.4 Å². The summed E-state index contributed by atoms with van der Waals surface area (Å²) in [5.74, 6) is 1.62. The Morgan fingerprint density at radius 3 is 2.38 bits per heavy atom. The molecule has 0 saturated heterocycles. The average Bonchev–Trinajstić information content (AvgIpc) is 2.54. The van der Waals surface area contributed by atoms with Gasteiger partial charge < -0.3 is 10.1 Å². The number of nitrogens with one attached hydrogen (secondary N) is 1. The summed E-state index contributed by atoms with van der Waals surface area (Å²) < 4.78 is 5.38. The highest BCUT2D eigenvalue weighted by molar-refractivity contribution is 7.99. The zero-order valence-electron chi connectivity index (χ0n) is 11.8. The minimum absolute atomic E-state index is 0.0653. The van der Waals surface area contributed by atoms with Crippen LogP contribution in [0.25, 0.3) is 0 Å². The minimum Gasteiger partial charge on any atom is -0.484 e. The van der Waals surface area contributed by atoms with Crippen LogP contribution in [0, 0.1) is 0 Å².